The third-order valence-electron chi connectivity index (χ3n) is 0.774. The van der Waals surface area contributed by atoms with E-state index in [4.69, 9.17) is 0 Å². The minimum absolute atomic E-state index is 0.611. The summed E-state index contributed by atoms with van der Waals surface area (Å²) in [6, 6.07) is 0. The Morgan fingerprint density at radius 2 is 2.11 bits per heavy atom. The van der Waals surface area contributed by atoms with Gasteiger partial charge in [-0.15, -0.1) is 0 Å². The lowest BCUT2D eigenvalue weighted by atomic mass is 10.5. The quantitative estimate of drug-likeness (QED) is 0.541. The third-order valence-corrected chi connectivity index (χ3v) is 0.774. The minimum Gasteiger partial charge on any atom is -0.470 e. The molecule has 0 spiro atoms. The van der Waals surface area contributed by atoms with Gasteiger partial charge in [0.1, 0.15) is 6.26 Å². The van der Waals surface area contributed by atoms with Gasteiger partial charge in [-0.25, -0.2) is 0 Å². The Labute approximate surface area is 49.3 Å². The number of ether oxygens (including phenoxy) is 1. The van der Waals surface area contributed by atoms with Gasteiger partial charge in [0.15, 0.2) is 5.70 Å². The second-order valence-electron chi connectivity index (χ2n) is 1.43. The van der Waals surface area contributed by atoms with Crippen molar-refractivity contribution in [2.45, 2.75) is 6.18 Å². The molecule has 2 nitrogen and oxygen atoms in total. The van der Waals surface area contributed by atoms with Crippen molar-refractivity contribution >= 4 is 0 Å². The van der Waals surface area contributed by atoms with Crippen LogP contribution in [0.2, 0.25) is 0 Å². The van der Waals surface area contributed by atoms with E-state index >= 15 is 0 Å². The number of rotatable bonds is 0. The molecule has 9 heavy (non-hydrogen) atoms. The zero-order chi connectivity index (χ0) is 6.91. The highest BCUT2D eigenvalue weighted by molar-refractivity contribution is 5.07. The summed E-state index contributed by atoms with van der Waals surface area (Å²) >= 11 is 0. The van der Waals surface area contributed by atoms with Crippen molar-refractivity contribution in [3.63, 3.8) is 0 Å². The van der Waals surface area contributed by atoms with E-state index in [0.29, 0.717) is 6.26 Å². The van der Waals surface area contributed by atoms with E-state index in [1.54, 1.807) is 0 Å². The van der Waals surface area contributed by atoms with Gasteiger partial charge in [-0.05, 0) is 0 Å². The Morgan fingerprint density at radius 1 is 1.44 bits per heavy atom. The molecule has 0 aliphatic carbocycles. The first-order chi connectivity index (χ1) is 4.11. The first-order valence-corrected chi connectivity index (χ1v) is 2.12. The highest BCUT2D eigenvalue weighted by Crippen LogP contribution is 2.25. The molecule has 1 rings (SSSR count). The van der Waals surface area contributed by atoms with Gasteiger partial charge >= 0.3 is 6.18 Å². The highest BCUT2D eigenvalue weighted by Gasteiger charge is 2.36. The van der Waals surface area contributed by atoms with Crippen LogP contribution >= 0.6 is 0 Å². The van der Waals surface area contributed by atoms with Crippen LogP contribution < -0.4 is 5.32 Å². The Balaban J connectivity index is 2.61. The molecule has 0 aromatic rings. The van der Waals surface area contributed by atoms with Gasteiger partial charge in [-0.3, -0.25) is 0 Å². The molecule has 0 saturated carbocycles. The zero-order valence-electron chi connectivity index (χ0n) is 4.20. The molecule has 0 unspecified atom stereocenters. The molecular weight excluding hydrogens is 135 g/mol. The summed E-state index contributed by atoms with van der Waals surface area (Å²) in [7, 11) is 0. The molecule has 0 fully saturated rings. The maximum Gasteiger partial charge on any atom is 0.434 e. The van der Waals surface area contributed by atoms with Crippen LogP contribution in [-0.4, -0.2) is 6.18 Å². The summed E-state index contributed by atoms with van der Waals surface area (Å²) in [6.07, 6.45) is -3.72. The number of halogens is 3. The Hall–Kier alpha value is -0.870. The van der Waals surface area contributed by atoms with Crippen LogP contribution in [0.5, 0.6) is 0 Å². The van der Waals surface area contributed by atoms with Crippen molar-refractivity contribution in [1.29, 1.82) is 0 Å². The van der Waals surface area contributed by atoms with Crippen molar-refractivity contribution in [1.82, 2.24) is 5.32 Å². The molecule has 1 heterocycles. The summed E-state index contributed by atoms with van der Waals surface area (Å²) in [6.45, 7) is 0.864. The van der Waals surface area contributed by atoms with E-state index in [2.05, 4.69) is 4.74 Å². The van der Waals surface area contributed by atoms with Crippen molar-refractivity contribution < 1.29 is 17.9 Å². The summed E-state index contributed by atoms with van der Waals surface area (Å²) in [5.41, 5.74) is -0.873. The van der Waals surface area contributed by atoms with Crippen molar-refractivity contribution in [3.05, 3.63) is 18.7 Å². The number of nitrogens with one attached hydrogen (secondary N) is 1. The molecule has 0 aromatic heterocycles. The van der Waals surface area contributed by atoms with E-state index < -0.39 is 11.9 Å². The third kappa shape index (κ3) is 1.28. The first kappa shape index (κ1) is 6.25. The van der Waals surface area contributed by atoms with E-state index in [-0.39, 0.29) is 0 Å². The Bertz CT molecular complexity index is 139. The number of allylic oxidation sites excluding steroid dienone is 1. The fraction of sp³-hybridized carbons (Fsp3) is 0.250. The molecular formula is C4H3F3NO. The van der Waals surface area contributed by atoms with Crippen molar-refractivity contribution in [2.75, 3.05) is 0 Å². The van der Waals surface area contributed by atoms with Crippen LogP contribution in [0, 0.1) is 6.73 Å². The molecule has 1 aliphatic rings. The summed E-state index contributed by atoms with van der Waals surface area (Å²) in [5, 5.41) is 1.89. The maximum absolute atomic E-state index is 11.5. The molecule has 0 aromatic carbocycles. The standard InChI is InChI=1S/C4H3F3NO/c5-4(6,7)3-1-9-2-8-3/h1-2,8H. The normalized spacial score (nSPS) is 18.3. The Morgan fingerprint density at radius 3 is 2.33 bits per heavy atom. The molecule has 0 saturated heterocycles. The smallest absolute Gasteiger partial charge is 0.434 e. The van der Waals surface area contributed by atoms with Crippen LogP contribution in [0.15, 0.2) is 12.0 Å². The average molecular weight is 138 g/mol. The van der Waals surface area contributed by atoms with Gasteiger partial charge in [0, 0.05) is 0 Å². The lowest BCUT2D eigenvalue weighted by molar-refractivity contribution is -0.0951. The second kappa shape index (κ2) is 1.82. The van der Waals surface area contributed by atoms with Crippen LogP contribution in [-0.2, 0) is 4.74 Å². The molecule has 5 heteroatoms. The monoisotopic (exact) mass is 138 g/mol. The van der Waals surface area contributed by atoms with E-state index in [9.17, 15) is 13.2 Å². The fourth-order valence-electron chi connectivity index (χ4n) is 0.382. The first-order valence-electron chi connectivity index (χ1n) is 2.12. The van der Waals surface area contributed by atoms with Crippen LogP contribution in [0.1, 0.15) is 0 Å². The molecule has 0 amide bonds. The van der Waals surface area contributed by atoms with Crippen LogP contribution in [0.4, 0.5) is 13.2 Å². The van der Waals surface area contributed by atoms with Gasteiger partial charge in [-0.1, -0.05) is 0 Å². The predicted molar refractivity (Wildman–Crippen MR) is 22.7 cm³/mol. The minimum atomic E-state index is -4.33. The number of hydrogen-bond donors (Lipinski definition) is 1. The lowest BCUT2D eigenvalue weighted by Gasteiger charge is -2.03. The predicted octanol–water partition coefficient (Wildman–Crippen LogP) is 1.13. The van der Waals surface area contributed by atoms with Gasteiger partial charge in [0.2, 0.25) is 6.73 Å². The molecule has 1 radical (unpaired) electrons. The topological polar surface area (TPSA) is 21.3 Å². The maximum atomic E-state index is 11.5. The highest BCUT2D eigenvalue weighted by atomic mass is 19.4. The fourth-order valence-corrected chi connectivity index (χ4v) is 0.382. The lowest BCUT2D eigenvalue weighted by Crippen LogP contribution is -2.20. The summed E-state index contributed by atoms with van der Waals surface area (Å²) in [5.74, 6) is 0. The number of alkyl halides is 3. The van der Waals surface area contributed by atoms with E-state index in [1.165, 1.54) is 0 Å². The van der Waals surface area contributed by atoms with E-state index in [0.717, 1.165) is 6.73 Å². The van der Waals surface area contributed by atoms with Gasteiger partial charge < -0.3 is 10.1 Å². The Kier molecular flexibility index (Phi) is 1.27. The van der Waals surface area contributed by atoms with Crippen molar-refractivity contribution in [2.24, 2.45) is 0 Å². The van der Waals surface area contributed by atoms with Crippen molar-refractivity contribution in [3.8, 4) is 0 Å². The average Bonchev–Trinajstić information content (AvgIpc) is 2.08. The molecule has 0 atom stereocenters. The van der Waals surface area contributed by atoms with Crippen LogP contribution in [0.25, 0.3) is 0 Å². The SMILES string of the molecule is FC(F)(F)C1=CO[CH]N1. The molecule has 0 bridgehead atoms. The molecule has 51 valence electrons. The largest absolute Gasteiger partial charge is 0.470 e. The zero-order valence-corrected chi connectivity index (χ0v) is 4.20. The van der Waals surface area contributed by atoms with Crippen LogP contribution in [0.3, 0.4) is 0 Å². The number of hydrogen-bond acceptors (Lipinski definition) is 2. The summed E-state index contributed by atoms with van der Waals surface area (Å²) < 4.78 is 38.8. The second-order valence-corrected chi connectivity index (χ2v) is 1.43. The molecule has 1 N–H and O–H groups in total. The van der Waals surface area contributed by atoms with Gasteiger partial charge in [0.25, 0.3) is 0 Å². The van der Waals surface area contributed by atoms with Gasteiger partial charge in [0.05, 0.1) is 0 Å². The molecule has 1 aliphatic heterocycles. The van der Waals surface area contributed by atoms with Gasteiger partial charge in [-0.2, -0.15) is 13.2 Å². The summed E-state index contributed by atoms with van der Waals surface area (Å²) in [4.78, 5) is 0. The van der Waals surface area contributed by atoms with E-state index in [1.807, 2.05) is 5.32 Å².